The molecule has 0 bridgehead atoms. The van der Waals surface area contributed by atoms with Gasteiger partial charge in [0.1, 0.15) is 0 Å². The van der Waals surface area contributed by atoms with Crippen LogP contribution in [0.2, 0.25) is 0 Å². The summed E-state index contributed by atoms with van der Waals surface area (Å²) in [7, 11) is 0. The lowest BCUT2D eigenvalue weighted by molar-refractivity contribution is -0.136. The van der Waals surface area contributed by atoms with E-state index in [4.69, 9.17) is 4.74 Å². The van der Waals surface area contributed by atoms with Crippen molar-refractivity contribution >= 4 is 11.8 Å². The molecule has 94 valence electrons. The van der Waals surface area contributed by atoms with E-state index in [1.54, 1.807) is 24.3 Å². The first kappa shape index (κ1) is 14.0. The van der Waals surface area contributed by atoms with E-state index in [2.05, 4.69) is 11.8 Å². The van der Waals surface area contributed by atoms with Crippen molar-refractivity contribution in [3.63, 3.8) is 0 Å². The van der Waals surface area contributed by atoms with Crippen molar-refractivity contribution in [2.45, 2.75) is 26.7 Å². The van der Waals surface area contributed by atoms with Crippen molar-refractivity contribution in [3.8, 4) is 11.8 Å². The highest BCUT2D eigenvalue weighted by Crippen LogP contribution is 2.03. The van der Waals surface area contributed by atoms with Gasteiger partial charge in [-0.1, -0.05) is 31.4 Å². The molecular weight excluding hydrogens is 228 g/mol. The normalized spacial score (nSPS) is 9.22. The maximum atomic E-state index is 11.2. The Bertz CT molecular complexity index is 475. The van der Waals surface area contributed by atoms with Gasteiger partial charge in [0.05, 0.1) is 6.61 Å². The average molecular weight is 244 g/mol. The molecule has 0 fully saturated rings. The van der Waals surface area contributed by atoms with Gasteiger partial charge in [-0.05, 0) is 25.5 Å². The molecule has 0 saturated carbocycles. The fraction of sp³-hybridized carbons (Fsp3) is 0.333. The molecule has 18 heavy (non-hydrogen) atoms. The van der Waals surface area contributed by atoms with Gasteiger partial charge in [0.2, 0.25) is 0 Å². The molecule has 0 aliphatic heterocycles. The van der Waals surface area contributed by atoms with Gasteiger partial charge >= 0.3 is 5.97 Å². The minimum absolute atomic E-state index is 0.00786. The van der Waals surface area contributed by atoms with E-state index < -0.39 is 5.97 Å². The third-order valence-electron chi connectivity index (χ3n) is 2.33. The molecule has 0 aliphatic rings. The summed E-state index contributed by atoms with van der Waals surface area (Å²) >= 11 is 0. The number of Topliss-reactive ketones (excluding diaryl/α,β-unsaturated/α-hetero) is 1. The fourth-order valence-corrected chi connectivity index (χ4v) is 1.26. The maximum absolute atomic E-state index is 11.2. The van der Waals surface area contributed by atoms with Crippen molar-refractivity contribution in [1.29, 1.82) is 0 Å². The minimum atomic E-state index is -0.515. The molecular formula is C15H16O3. The monoisotopic (exact) mass is 244 g/mol. The third-order valence-corrected chi connectivity index (χ3v) is 2.33. The summed E-state index contributed by atoms with van der Waals surface area (Å²) in [6.45, 7) is 3.94. The van der Waals surface area contributed by atoms with Gasteiger partial charge in [-0.3, -0.25) is 4.79 Å². The number of benzene rings is 1. The molecule has 0 saturated heterocycles. The lowest BCUT2D eigenvalue weighted by Crippen LogP contribution is -2.02. The second-order valence-corrected chi connectivity index (χ2v) is 3.87. The molecule has 0 amide bonds. The SMILES string of the molecule is CCCCOC(=O)C#Cc1ccc(C(C)=O)cc1. The van der Waals surface area contributed by atoms with Crippen LogP contribution < -0.4 is 0 Å². The van der Waals surface area contributed by atoms with E-state index in [9.17, 15) is 9.59 Å². The first-order valence-corrected chi connectivity index (χ1v) is 5.93. The Labute approximate surface area is 107 Å². The Balaban J connectivity index is 2.57. The van der Waals surface area contributed by atoms with Crippen LogP contribution in [-0.4, -0.2) is 18.4 Å². The summed E-state index contributed by atoms with van der Waals surface area (Å²) in [6.07, 6.45) is 1.83. The van der Waals surface area contributed by atoms with Gasteiger partial charge in [0.25, 0.3) is 0 Å². The number of carbonyl (C=O) groups is 2. The Kier molecular flexibility index (Phi) is 5.66. The minimum Gasteiger partial charge on any atom is -0.456 e. The highest BCUT2D eigenvalue weighted by Gasteiger charge is 1.98. The van der Waals surface area contributed by atoms with E-state index >= 15 is 0 Å². The summed E-state index contributed by atoms with van der Waals surface area (Å²) in [6, 6.07) is 6.80. The zero-order valence-corrected chi connectivity index (χ0v) is 10.7. The van der Waals surface area contributed by atoms with Crippen molar-refractivity contribution in [2.75, 3.05) is 6.61 Å². The molecule has 0 aromatic heterocycles. The van der Waals surface area contributed by atoms with Gasteiger partial charge in [0.15, 0.2) is 5.78 Å². The summed E-state index contributed by atoms with van der Waals surface area (Å²) in [5.74, 6) is 4.61. The molecule has 0 heterocycles. The number of unbranched alkanes of at least 4 members (excludes halogenated alkanes) is 1. The lowest BCUT2D eigenvalue weighted by atomic mass is 10.1. The van der Waals surface area contributed by atoms with E-state index in [0.717, 1.165) is 12.8 Å². The van der Waals surface area contributed by atoms with Crippen LogP contribution in [0.5, 0.6) is 0 Å². The first-order valence-electron chi connectivity index (χ1n) is 5.93. The van der Waals surface area contributed by atoms with E-state index in [1.165, 1.54) is 6.92 Å². The molecule has 0 spiro atoms. The van der Waals surface area contributed by atoms with Crippen molar-refractivity contribution in [3.05, 3.63) is 35.4 Å². The molecule has 1 aromatic carbocycles. The summed E-state index contributed by atoms with van der Waals surface area (Å²) in [4.78, 5) is 22.3. The zero-order valence-electron chi connectivity index (χ0n) is 10.7. The molecule has 0 unspecified atom stereocenters. The number of carbonyl (C=O) groups excluding carboxylic acids is 2. The second kappa shape index (κ2) is 7.29. The van der Waals surface area contributed by atoms with Crippen LogP contribution in [0.25, 0.3) is 0 Å². The highest BCUT2D eigenvalue weighted by atomic mass is 16.5. The Morgan fingerprint density at radius 2 is 1.89 bits per heavy atom. The standard InChI is InChI=1S/C15H16O3/c1-3-4-11-18-15(17)10-7-13-5-8-14(9-6-13)12(2)16/h5-6,8-9H,3-4,11H2,1-2H3. The third kappa shape index (κ3) is 4.84. The van der Waals surface area contributed by atoms with Crippen LogP contribution >= 0.6 is 0 Å². The first-order chi connectivity index (χ1) is 8.63. The average Bonchev–Trinajstić information content (AvgIpc) is 2.37. The molecule has 0 aliphatic carbocycles. The van der Waals surface area contributed by atoms with Crippen LogP contribution in [0.15, 0.2) is 24.3 Å². The smallest absolute Gasteiger partial charge is 0.384 e. The molecule has 0 radical (unpaired) electrons. The summed E-state index contributed by atoms with van der Waals surface area (Å²) in [5, 5.41) is 0. The van der Waals surface area contributed by atoms with Crippen LogP contribution in [0.1, 0.15) is 42.6 Å². The largest absolute Gasteiger partial charge is 0.456 e. The van der Waals surface area contributed by atoms with E-state index in [1.807, 2.05) is 6.92 Å². The van der Waals surface area contributed by atoms with Crippen molar-refractivity contribution < 1.29 is 14.3 Å². The van der Waals surface area contributed by atoms with Gasteiger partial charge in [-0.15, -0.1) is 0 Å². The number of hydrogen-bond acceptors (Lipinski definition) is 3. The van der Waals surface area contributed by atoms with Crippen LogP contribution in [0.3, 0.4) is 0 Å². The molecule has 1 rings (SSSR count). The summed E-state index contributed by atoms with van der Waals surface area (Å²) in [5.41, 5.74) is 1.32. The number of ketones is 1. The predicted octanol–water partition coefficient (Wildman–Crippen LogP) is 2.58. The zero-order chi connectivity index (χ0) is 13.4. The molecule has 3 heteroatoms. The Morgan fingerprint density at radius 3 is 2.44 bits per heavy atom. The number of hydrogen-bond donors (Lipinski definition) is 0. The maximum Gasteiger partial charge on any atom is 0.384 e. The number of rotatable bonds is 4. The lowest BCUT2D eigenvalue weighted by Gasteiger charge is -1.97. The van der Waals surface area contributed by atoms with Gasteiger partial charge < -0.3 is 4.74 Å². The molecule has 0 atom stereocenters. The van der Waals surface area contributed by atoms with E-state index in [-0.39, 0.29) is 5.78 Å². The van der Waals surface area contributed by atoms with Crippen LogP contribution in [0.4, 0.5) is 0 Å². The van der Waals surface area contributed by atoms with Gasteiger partial charge in [0, 0.05) is 17.0 Å². The molecule has 0 N–H and O–H groups in total. The topological polar surface area (TPSA) is 43.4 Å². The van der Waals surface area contributed by atoms with Gasteiger partial charge in [-0.25, -0.2) is 4.79 Å². The Hall–Kier alpha value is -2.08. The fourth-order valence-electron chi connectivity index (χ4n) is 1.26. The van der Waals surface area contributed by atoms with Crippen LogP contribution in [-0.2, 0) is 9.53 Å². The highest BCUT2D eigenvalue weighted by molar-refractivity contribution is 5.94. The van der Waals surface area contributed by atoms with Gasteiger partial charge in [-0.2, -0.15) is 0 Å². The van der Waals surface area contributed by atoms with Crippen molar-refractivity contribution in [1.82, 2.24) is 0 Å². The Morgan fingerprint density at radius 1 is 1.22 bits per heavy atom. The van der Waals surface area contributed by atoms with Crippen LogP contribution in [0, 0.1) is 11.8 Å². The second-order valence-electron chi connectivity index (χ2n) is 3.87. The molecule has 3 nitrogen and oxygen atoms in total. The number of ether oxygens (including phenoxy) is 1. The summed E-state index contributed by atoms with van der Waals surface area (Å²) < 4.78 is 4.90. The van der Waals surface area contributed by atoms with Crippen molar-refractivity contribution in [2.24, 2.45) is 0 Å². The quantitative estimate of drug-likeness (QED) is 0.354. The van der Waals surface area contributed by atoms with E-state index in [0.29, 0.717) is 17.7 Å². The predicted molar refractivity (Wildman–Crippen MR) is 69.2 cm³/mol. The molecule has 1 aromatic rings. The number of esters is 1.